The number of benzene rings is 2. The zero-order chi connectivity index (χ0) is 21.2. The van der Waals surface area contributed by atoms with E-state index >= 15 is 0 Å². The summed E-state index contributed by atoms with van der Waals surface area (Å²) in [5.41, 5.74) is 3.47. The van der Waals surface area contributed by atoms with Crippen LogP contribution < -0.4 is 9.47 Å². The third kappa shape index (κ3) is 5.17. The largest absolute Gasteiger partial charge is 0.497 e. The van der Waals surface area contributed by atoms with E-state index in [2.05, 4.69) is 69.9 Å². The van der Waals surface area contributed by atoms with Crippen molar-refractivity contribution in [2.24, 2.45) is 0 Å². The number of hydrogen-bond acceptors (Lipinski definition) is 5. The molecule has 0 aliphatic heterocycles. The number of methoxy groups -OCH3 is 1. The van der Waals surface area contributed by atoms with Crippen LogP contribution in [0.2, 0.25) is 0 Å². The average molecular weight is 395 g/mol. The molecule has 3 aromatic rings. The Morgan fingerprint density at radius 2 is 1.34 bits per heavy atom. The molecule has 0 aliphatic rings. The van der Waals surface area contributed by atoms with E-state index in [9.17, 15) is 0 Å². The van der Waals surface area contributed by atoms with Crippen molar-refractivity contribution in [1.29, 1.82) is 0 Å². The first-order valence-corrected chi connectivity index (χ1v) is 9.82. The molecule has 0 amide bonds. The Morgan fingerprint density at radius 1 is 0.793 bits per heavy atom. The van der Waals surface area contributed by atoms with Crippen LogP contribution in [-0.4, -0.2) is 17.3 Å². The molecule has 0 spiro atoms. The van der Waals surface area contributed by atoms with Crippen molar-refractivity contribution >= 4 is 0 Å². The summed E-state index contributed by atoms with van der Waals surface area (Å²) in [6.07, 6.45) is 0. The first-order chi connectivity index (χ1) is 13.6. The standard InChI is InChI=1S/C24H30N2O3/c1-23(2,3)17-12-16(13-18(14-17)24(4,5)6)22-26-25-21(29-22)15-28-20-10-8-19(27-7)9-11-20/h8-14H,15H2,1-7H3. The molecular formula is C24H30N2O3. The summed E-state index contributed by atoms with van der Waals surface area (Å²) in [7, 11) is 1.63. The Kier molecular flexibility index (Phi) is 5.69. The molecule has 0 N–H and O–H groups in total. The zero-order valence-electron chi connectivity index (χ0n) is 18.4. The summed E-state index contributed by atoms with van der Waals surface area (Å²) in [5, 5.41) is 8.41. The number of ether oxygens (including phenoxy) is 2. The summed E-state index contributed by atoms with van der Waals surface area (Å²) in [5.74, 6) is 2.45. The van der Waals surface area contributed by atoms with Crippen molar-refractivity contribution in [3.8, 4) is 23.0 Å². The lowest BCUT2D eigenvalue weighted by Crippen LogP contribution is -2.16. The molecule has 0 fully saturated rings. The fourth-order valence-corrected chi connectivity index (χ4v) is 2.86. The van der Waals surface area contributed by atoms with E-state index in [1.165, 1.54) is 11.1 Å². The third-order valence-corrected chi connectivity index (χ3v) is 4.80. The van der Waals surface area contributed by atoms with Crippen molar-refractivity contribution < 1.29 is 13.9 Å². The van der Waals surface area contributed by atoms with E-state index in [4.69, 9.17) is 13.9 Å². The molecule has 3 rings (SSSR count). The number of hydrogen-bond donors (Lipinski definition) is 0. The molecule has 29 heavy (non-hydrogen) atoms. The fourth-order valence-electron chi connectivity index (χ4n) is 2.86. The summed E-state index contributed by atoms with van der Waals surface area (Å²) in [6.45, 7) is 13.5. The van der Waals surface area contributed by atoms with Gasteiger partial charge in [-0.05, 0) is 58.4 Å². The van der Waals surface area contributed by atoms with Gasteiger partial charge in [0.05, 0.1) is 7.11 Å². The van der Waals surface area contributed by atoms with Gasteiger partial charge < -0.3 is 13.9 Å². The highest BCUT2D eigenvalue weighted by Crippen LogP contribution is 2.33. The summed E-state index contributed by atoms with van der Waals surface area (Å²) < 4.78 is 16.8. The van der Waals surface area contributed by atoms with E-state index < -0.39 is 0 Å². The van der Waals surface area contributed by atoms with Crippen LogP contribution in [0.25, 0.3) is 11.5 Å². The van der Waals surface area contributed by atoms with Crippen LogP contribution in [0.15, 0.2) is 46.9 Å². The number of aromatic nitrogens is 2. The zero-order valence-corrected chi connectivity index (χ0v) is 18.4. The monoisotopic (exact) mass is 394 g/mol. The lowest BCUT2D eigenvalue weighted by atomic mass is 9.79. The second-order valence-electron chi connectivity index (χ2n) is 9.26. The highest BCUT2D eigenvalue weighted by Gasteiger charge is 2.22. The molecule has 1 aromatic heterocycles. The molecule has 154 valence electrons. The molecule has 2 aromatic carbocycles. The quantitative estimate of drug-likeness (QED) is 0.538. The molecule has 0 saturated heterocycles. The number of nitrogens with zero attached hydrogens (tertiary/aromatic N) is 2. The van der Waals surface area contributed by atoms with Gasteiger partial charge in [0, 0.05) is 5.56 Å². The van der Waals surface area contributed by atoms with Gasteiger partial charge in [0.2, 0.25) is 5.89 Å². The normalized spacial score (nSPS) is 12.1. The van der Waals surface area contributed by atoms with Gasteiger partial charge in [0.15, 0.2) is 6.61 Å². The minimum absolute atomic E-state index is 0.0241. The van der Waals surface area contributed by atoms with Crippen molar-refractivity contribution in [1.82, 2.24) is 10.2 Å². The lowest BCUT2D eigenvalue weighted by molar-refractivity contribution is 0.264. The molecule has 0 bridgehead atoms. The molecule has 1 heterocycles. The van der Waals surface area contributed by atoms with Crippen LogP contribution in [0.4, 0.5) is 0 Å². The van der Waals surface area contributed by atoms with Gasteiger partial charge >= 0.3 is 0 Å². The highest BCUT2D eigenvalue weighted by atomic mass is 16.5. The minimum atomic E-state index is 0.0241. The first kappa shape index (κ1) is 20.9. The van der Waals surface area contributed by atoms with Crippen molar-refractivity contribution in [2.45, 2.75) is 59.0 Å². The fraction of sp³-hybridized carbons (Fsp3) is 0.417. The molecular weight excluding hydrogens is 364 g/mol. The summed E-state index contributed by atoms with van der Waals surface area (Å²) >= 11 is 0. The lowest BCUT2D eigenvalue weighted by Gasteiger charge is -2.25. The Hall–Kier alpha value is -2.82. The second-order valence-corrected chi connectivity index (χ2v) is 9.26. The van der Waals surface area contributed by atoms with Crippen LogP contribution >= 0.6 is 0 Å². The van der Waals surface area contributed by atoms with Crippen LogP contribution in [0.3, 0.4) is 0 Å². The maximum Gasteiger partial charge on any atom is 0.254 e. The minimum Gasteiger partial charge on any atom is -0.497 e. The summed E-state index contributed by atoms with van der Waals surface area (Å²) in [4.78, 5) is 0. The van der Waals surface area contributed by atoms with Gasteiger partial charge in [-0.1, -0.05) is 47.6 Å². The maximum atomic E-state index is 5.90. The molecule has 0 radical (unpaired) electrons. The van der Waals surface area contributed by atoms with Gasteiger partial charge in [-0.15, -0.1) is 10.2 Å². The molecule has 0 atom stereocenters. The Morgan fingerprint density at radius 3 is 1.86 bits per heavy atom. The van der Waals surface area contributed by atoms with E-state index in [1.54, 1.807) is 7.11 Å². The van der Waals surface area contributed by atoms with Crippen LogP contribution in [0.1, 0.15) is 58.6 Å². The van der Waals surface area contributed by atoms with Crippen LogP contribution in [0.5, 0.6) is 11.5 Å². The van der Waals surface area contributed by atoms with Gasteiger partial charge in [-0.2, -0.15) is 0 Å². The molecule has 5 nitrogen and oxygen atoms in total. The number of rotatable bonds is 5. The van der Waals surface area contributed by atoms with Gasteiger partial charge in [-0.3, -0.25) is 0 Å². The molecule has 0 aliphatic carbocycles. The van der Waals surface area contributed by atoms with Crippen molar-refractivity contribution in [3.63, 3.8) is 0 Å². The van der Waals surface area contributed by atoms with E-state index in [0.717, 1.165) is 17.1 Å². The Labute approximate surface area is 173 Å². The maximum absolute atomic E-state index is 5.90. The van der Waals surface area contributed by atoms with E-state index in [1.807, 2.05) is 24.3 Å². The van der Waals surface area contributed by atoms with Gasteiger partial charge in [0.25, 0.3) is 5.89 Å². The summed E-state index contributed by atoms with van der Waals surface area (Å²) in [6, 6.07) is 13.9. The van der Waals surface area contributed by atoms with Gasteiger partial charge in [-0.25, -0.2) is 0 Å². The highest BCUT2D eigenvalue weighted by molar-refractivity contribution is 5.57. The van der Waals surface area contributed by atoms with Crippen LogP contribution in [0, 0.1) is 0 Å². The Balaban J connectivity index is 1.83. The van der Waals surface area contributed by atoms with Crippen LogP contribution in [-0.2, 0) is 17.4 Å². The Bertz CT molecular complexity index is 929. The average Bonchev–Trinajstić information content (AvgIpc) is 3.14. The second kappa shape index (κ2) is 7.90. The molecule has 0 unspecified atom stereocenters. The van der Waals surface area contributed by atoms with Gasteiger partial charge in [0.1, 0.15) is 11.5 Å². The van der Waals surface area contributed by atoms with Crippen molar-refractivity contribution in [2.75, 3.05) is 7.11 Å². The predicted molar refractivity (Wildman–Crippen MR) is 114 cm³/mol. The van der Waals surface area contributed by atoms with Crippen molar-refractivity contribution in [3.05, 3.63) is 59.5 Å². The van der Waals surface area contributed by atoms with E-state index in [-0.39, 0.29) is 17.4 Å². The van der Waals surface area contributed by atoms with E-state index in [0.29, 0.717) is 11.8 Å². The SMILES string of the molecule is COc1ccc(OCc2nnc(-c3cc(C(C)(C)C)cc(C(C)(C)C)c3)o2)cc1. The first-order valence-electron chi connectivity index (χ1n) is 9.82. The molecule has 5 heteroatoms. The topological polar surface area (TPSA) is 57.4 Å². The molecule has 0 saturated carbocycles. The predicted octanol–water partition coefficient (Wildman–Crippen LogP) is 5.92. The smallest absolute Gasteiger partial charge is 0.254 e. The third-order valence-electron chi connectivity index (χ3n) is 4.80.